The van der Waals surface area contributed by atoms with Crippen LogP contribution in [0.3, 0.4) is 0 Å². The molecule has 2 saturated heterocycles. The van der Waals surface area contributed by atoms with E-state index >= 15 is 0 Å². The molecule has 0 aliphatic carbocycles. The van der Waals surface area contributed by atoms with Gasteiger partial charge in [0.2, 0.25) is 5.91 Å². The van der Waals surface area contributed by atoms with E-state index in [1.165, 1.54) is 0 Å². The van der Waals surface area contributed by atoms with Crippen molar-refractivity contribution < 1.29 is 9.59 Å². The topological polar surface area (TPSA) is 52.7 Å². The number of rotatable bonds is 3. The summed E-state index contributed by atoms with van der Waals surface area (Å²) in [6, 6.07) is 19.0. The Balaban J connectivity index is 1.35. The van der Waals surface area contributed by atoms with E-state index in [1.54, 1.807) is 7.05 Å². The van der Waals surface area contributed by atoms with Crippen molar-refractivity contribution in [1.29, 1.82) is 0 Å². The Hall–Kier alpha value is -2.92. The van der Waals surface area contributed by atoms with Crippen LogP contribution in [-0.2, 0) is 4.79 Å². The number of benzene rings is 3. The maximum absolute atomic E-state index is 13.8. The van der Waals surface area contributed by atoms with Crippen molar-refractivity contribution in [1.82, 2.24) is 15.1 Å². The number of carbonyl (C=O) groups excluding carboxylic acids is 2. The van der Waals surface area contributed by atoms with Crippen molar-refractivity contribution in [3.8, 4) is 0 Å². The maximum atomic E-state index is 13.8. The Kier molecular flexibility index (Phi) is 5.83. The van der Waals surface area contributed by atoms with Gasteiger partial charge in [0.1, 0.15) is 0 Å². The van der Waals surface area contributed by atoms with E-state index in [-0.39, 0.29) is 17.7 Å². The first-order chi connectivity index (χ1) is 15.7. The summed E-state index contributed by atoms with van der Waals surface area (Å²) in [4.78, 5) is 30.4. The minimum absolute atomic E-state index is 0.0930. The summed E-state index contributed by atoms with van der Waals surface area (Å²) >= 11 is 0. The monoisotopic (exact) mass is 429 g/mol. The molecule has 5 rings (SSSR count). The molecule has 32 heavy (non-hydrogen) atoms. The Morgan fingerprint density at radius 1 is 0.875 bits per heavy atom. The third-order valence-electron chi connectivity index (χ3n) is 7.32. The molecule has 2 aliphatic rings. The smallest absolute Gasteiger partial charge is 0.255 e. The summed E-state index contributed by atoms with van der Waals surface area (Å²) in [6.45, 7) is 3.43. The lowest BCUT2D eigenvalue weighted by Gasteiger charge is -2.42. The van der Waals surface area contributed by atoms with Gasteiger partial charge in [-0.15, -0.1) is 0 Å². The quantitative estimate of drug-likeness (QED) is 0.639. The number of amides is 2. The van der Waals surface area contributed by atoms with Crippen LogP contribution in [0.25, 0.3) is 21.5 Å². The number of likely N-dealkylation sites (tertiary alicyclic amines) is 2. The van der Waals surface area contributed by atoms with Crippen LogP contribution in [0.1, 0.15) is 36.0 Å². The highest BCUT2D eigenvalue weighted by Crippen LogP contribution is 2.31. The molecule has 1 N–H and O–H groups in total. The van der Waals surface area contributed by atoms with Crippen LogP contribution in [-0.4, -0.2) is 60.9 Å². The normalized spacial score (nSPS) is 20.5. The molecule has 3 aromatic carbocycles. The molecule has 1 atom stereocenters. The highest BCUT2D eigenvalue weighted by molar-refractivity contribution is 6.18. The van der Waals surface area contributed by atoms with Gasteiger partial charge in [-0.2, -0.15) is 0 Å². The molecule has 166 valence electrons. The molecule has 0 saturated carbocycles. The SMILES string of the molecule is CNC(=O)[C@@H]1CCCN(C2CCN(C(=O)c3c4ccccc4cc4ccccc34)CC2)C1. The number of hydrogen-bond acceptors (Lipinski definition) is 3. The number of piperidine rings is 2. The predicted molar refractivity (Wildman–Crippen MR) is 129 cm³/mol. The molecule has 2 heterocycles. The van der Waals surface area contributed by atoms with E-state index < -0.39 is 0 Å². The summed E-state index contributed by atoms with van der Waals surface area (Å²) in [5.74, 6) is 0.388. The van der Waals surface area contributed by atoms with Crippen molar-refractivity contribution in [2.24, 2.45) is 5.92 Å². The van der Waals surface area contributed by atoms with Crippen LogP contribution in [0.2, 0.25) is 0 Å². The zero-order valence-electron chi connectivity index (χ0n) is 18.7. The van der Waals surface area contributed by atoms with Crippen molar-refractivity contribution in [2.75, 3.05) is 33.2 Å². The molecule has 2 aliphatic heterocycles. The van der Waals surface area contributed by atoms with Crippen molar-refractivity contribution >= 4 is 33.4 Å². The number of carbonyl (C=O) groups is 2. The summed E-state index contributed by atoms with van der Waals surface area (Å²) in [5, 5.41) is 7.09. The first kappa shape index (κ1) is 21.0. The Morgan fingerprint density at radius 2 is 1.50 bits per heavy atom. The largest absolute Gasteiger partial charge is 0.359 e. The van der Waals surface area contributed by atoms with Crippen LogP contribution in [0.15, 0.2) is 54.6 Å². The molecule has 0 unspecified atom stereocenters. The molecule has 0 spiro atoms. The molecular weight excluding hydrogens is 398 g/mol. The molecule has 5 nitrogen and oxygen atoms in total. The van der Waals surface area contributed by atoms with E-state index in [0.29, 0.717) is 6.04 Å². The zero-order chi connectivity index (χ0) is 22.1. The van der Waals surface area contributed by atoms with Gasteiger partial charge < -0.3 is 10.2 Å². The van der Waals surface area contributed by atoms with E-state index in [9.17, 15) is 9.59 Å². The molecule has 5 heteroatoms. The number of hydrogen-bond donors (Lipinski definition) is 1. The van der Waals surface area contributed by atoms with Gasteiger partial charge in [0.15, 0.2) is 0 Å². The molecule has 0 aromatic heterocycles. The number of nitrogens with one attached hydrogen (secondary N) is 1. The van der Waals surface area contributed by atoms with Crippen molar-refractivity contribution in [2.45, 2.75) is 31.7 Å². The zero-order valence-corrected chi connectivity index (χ0v) is 18.7. The fourth-order valence-electron chi connectivity index (χ4n) is 5.59. The Bertz CT molecular complexity index is 1100. The average molecular weight is 430 g/mol. The molecular formula is C27H31N3O2. The number of nitrogens with zero attached hydrogens (tertiary/aromatic N) is 2. The molecule has 2 amide bonds. The van der Waals surface area contributed by atoms with Gasteiger partial charge in [-0.1, -0.05) is 48.5 Å². The van der Waals surface area contributed by atoms with Gasteiger partial charge in [0.05, 0.1) is 11.5 Å². The standard InChI is InChI=1S/C27H31N3O2/c1-28-26(31)21-9-6-14-30(18-21)22-12-15-29(16-13-22)27(32)25-23-10-4-2-7-19(23)17-20-8-3-5-11-24(20)25/h2-5,7-8,10-11,17,21-22H,6,9,12-16,18H2,1H3,(H,28,31)/t21-/m1/s1. The lowest BCUT2D eigenvalue weighted by atomic mass is 9.92. The summed E-state index contributed by atoms with van der Waals surface area (Å²) in [7, 11) is 1.72. The second-order valence-electron chi connectivity index (χ2n) is 9.17. The Labute approximate surface area is 189 Å². The maximum Gasteiger partial charge on any atom is 0.255 e. The van der Waals surface area contributed by atoms with Crippen molar-refractivity contribution in [3.63, 3.8) is 0 Å². The van der Waals surface area contributed by atoms with Gasteiger partial charge in [0, 0.05) is 32.7 Å². The highest BCUT2D eigenvalue weighted by atomic mass is 16.2. The van der Waals surface area contributed by atoms with Crippen LogP contribution >= 0.6 is 0 Å². The number of fused-ring (bicyclic) bond motifs is 2. The molecule has 3 aromatic rings. The van der Waals surface area contributed by atoms with Crippen molar-refractivity contribution in [3.05, 3.63) is 60.2 Å². The molecule has 0 bridgehead atoms. The summed E-state index contributed by atoms with van der Waals surface area (Å²) in [5.41, 5.74) is 0.829. The van der Waals surface area contributed by atoms with E-state index in [4.69, 9.17) is 0 Å². The first-order valence-corrected chi connectivity index (χ1v) is 11.8. The first-order valence-electron chi connectivity index (χ1n) is 11.8. The van der Waals surface area contributed by atoms with E-state index in [2.05, 4.69) is 40.5 Å². The molecule has 0 radical (unpaired) electrons. The average Bonchev–Trinajstić information content (AvgIpc) is 2.86. The fraction of sp³-hybridized carbons (Fsp3) is 0.407. The minimum atomic E-state index is 0.0930. The Morgan fingerprint density at radius 3 is 2.12 bits per heavy atom. The summed E-state index contributed by atoms with van der Waals surface area (Å²) < 4.78 is 0. The second kappa shape index (κ2) is 8.91. The van der Waals surface area contributed by atoms with Gasteiger partial charge >= 0.3 is 0 Å². The predicted octanol–water partition coefficient (Wildman–Crippen LogP) is 4.06. The van der Waals surface area contributed by atoms with Crippen LogP contribution in [0, 0.1) is 5.92 Å². The van der Waals surface area contributed by atoms with Crippen LogP contribution in [0.5, 0.6) is 0 Å². The van der Waals surface area contributed by atoms with Gasteiger partial charge in [-0.25, -0.2) is 0 Å². The third kappa shape index (κ3) is 3.86. The van der Waals surface area contributed by atoms with Gasteiger partial charge in [0.25, 0.3) is 5.91 Å². The van der Waals surface area contributed by atoms with Crippen LogP contribution in [0.4, 0.5) is 0 Å². The van der Waals surface area contributed by atoms with E-state index in [0.717, 1.165) is 79.0 Å². The van der Waals surface area contributed by atoms with E-state index in [1.807, 2.05) is 29.2 Å². The fourth-order valence-corrected chi connectivity index (χ4v) is 5.59. The van der Waals surface area contributed by atoms with Crippen LogP contribution < -0.4 is 5.32 Å². The van der Waals surface area contributed by atoms with Gasteiger partial charge in [-0.3, -0.25) is 14.5 Å². The minimum Gasteiger partial charge on any atom is -0.359 e. The lowest BCUT2D eigenvalue weighted by molar-refractivity contribution is -0.126. The second-order valence-corrected chi connectivity index (χ2v) is 9.17. The highest BCUT2D eigenvalue weighted by Gasteiger charge is 2.33. The van der Waals surface area contributed by atoms with Gasteiger partial charge in [-0.05, 0) is 59.8 Å². The summed E-state index contributed by atoms with van der Waals surface area (Å²) in [6.07, 6.45) is 3.98. The molecule has 2 fully saturated rings. The third-order valence-corrected chi connectivity index (χ3v) is 7.32. The lowest BCUT2D eigenvalue weighted by Crippen LogP contribution is -2.51.